The molecule has 0 aromatic carbocycles. The van der Waals surface area contributed by atoms with E-state index < -0.39 is 20.0 Å². The van der Waals surface area contributed by atoms with Crippen molar-refractivity contribution in [2.75, 3.05) is 40.9 Å². The molecule has 3 atom stereocenters. The highest BCUT2D eigenvalue weighted by molar-refractivity contribution is 7.45. The number of nitrogens with one attached hydrogen (secondary N) is 1. The van der Waals surface area contributed by atoms with Crippen LogP contribution in [0.15, 0.2) is 48.6 Å². The van der Waals surface area contributed by atoms with Crippen molar-refractivity contribution in [1.29, 1.82) is 0 Å². The standard InChI is InChI=1S/C60H115N2O6P/c1-6-8-10-12-14-16-18-20-22-24-26-28-30-32-33-35-37-39-41-43-45-47-49-51-53-59(63)58(57-68-69(65,66)67-56-55-62(3,4)5)61-60(64)54-52-50-48-46-44-42-40-38-36-34-31-29-27-25-23-21-19-17-15-13-11-9-7-2/h9,11,15,17,21,23,27,29,58-59,63H,6-8,10,12-14,16,18-20,22,24-26,28,30-57H2,1-5H3,(H-,61,64,65,66)/b11-9-,17-15-,23-21-,29-27-. The predicted molar refractivity (Wildman–Crippen MR) is 298 cm³/mol. The van der Waals surface area contributed by atoms with E-state index in [0.29, 0.717) is 23.9 Å². The highest BCUT2D eigenvalue weighted by Crippen LogP contribution is 2.38. The number of carbonyl (C=O) groups is 1. The van der Waals surface area contributed by atoms with Crippen LogP contribution in [0.1, 0.15) is 277 Å². The summed E-state index contributed by atoms with van der Waals surface area (Å²) in [6.45, 7) is 4.64. The molecule has 9 heteroatoms. The lowest BCUT2D eigenvalue weighted by Crippen LogP contribution is -2.46. The van der Waals surface area contributed by atoms with E-state index in [2.05, 4.69) is 67.8 Å². The summed E-state index contributed by atoms with van der Waals surface area (Å²) in [5.41, 5.74) is 0. The van der Waals surface area contributed by atoms with Gasteiger partial charge >= 0.3 is 0 Å². The van der Waals surface area contributed by atoms with Crippen molar-refractivity contribution in [2.45, 2.75) is 289 Å². The molecule has 0 bridgehead atoms. The molecule has 69 heavy (non-hydrogen) atoms. The number of quaternary nitrogens is 1. The molecule has 0 rings (SSSR count). The third-order valence-corrected chi connectivity index (χ3v) is 14.3. The fourth-order valence-electron chi connectivity index (χ4n) is 8.74. The minimum absolute atomic E-state index is 0.0106. The van der Waals surface area contributed by atoms with Gasteiger partial charge in [-0.1, -0.05) is 268 Å². The number of aliphatic hydroxyl groups excluding tert-OH is 1. The summed E-state index contributed by atoms with van der Waals surface area (Å²) in [6.07, 6.45) is 67.1. The van der Waals surface area contributed by atoms with E-state index in [9.17, 15) is 19.4 Å². The first kappa shape index (κ1) is 67.5. The van der Waals surface area contributed by atoms with Crippen LogP contribution in [0.3, 0.4) is 0 Å². The minimum Gasteiger partial charge on any atom is -0.756 e. The van der Waals surface area contributed by atoms with Gasteiger partial charge in [0.15, 0.2) is 0 Å². The molecular weight excluding hydrogens is 876 g/mol. The van der Waals surface area contributed by atoms with E-state index in [1.165, 1.54) is 186 Å². The van der Waals surface area contributed by atoms with Crippen LogP contribution in [-0.2, 0) is 18.4 Å². The van der Waals surface area contributed by atoms with E-state index in [0.717, 1.165) is 64.2 Å². The Kier molecular flexibility index (Phi) is 50.2. The van der Waals surface area contributed by atoms with Crippen molar-refractivity contribution in [3.63, 3.8) is 0 Å². The second-order valence-electron chi connectivity index (χ2n) is 21.3. The fourth-order valence-corrected chi connectivity index (χ4v) is 9.46. The van der Waals surface area contributed by atoms with Gasteiger partial charge in [-0.05, 0) is 51.4 Å². The zero-order chi connectivity index (χ0) is 50.6. The van der Waals surface area contributed by atoms with E-state index >= 15 is 0 Å². The van der Waals surface area contributed by atoms with Gasteiger partial charge in [0.25, 0.3) is 7.82 Å². The molecule has 2 N–H and O–H groups in total. The minimum atomic E-state index is -4.58. The first-order valence-corrected chi connectivity index (χ1v) is 30.9. The number of aliphatic hydroxyl groups is 1. The molecular formula is C60H115N2O6P. The van der Waals surface area contributed by atoms with Crippen molar-refractivity contribution in [1.82, 2.24) is 5.32 Å². The number of allylic oxidation sites excluding steroid dienone is 8. The maximum atomic E-state index is 13.0. The Bertz CT molecular complexity index is 1260. The monoisotopic (exact) mass is 991 g/mol. The second-order valence-corrected chi connectivity index (χ2v) is 22.7. The van der Waals surface area contributed by atoms with Crippen LogP contribution < -0.4 is 10.2 Å². The van der Waals surface area contributed by atoms with E-state index in [4.69, 9.17) is 9.05 Å². The van der Waals surface area contributed by atoms with Crippen molar-refractivity contribution < 1.29 is 32.9 Å². The number of rotatable bonds is 54. The molecule has 0 spiro atoms. The number of likely N-dealkylation sites (N-methyl/N-ethyl adjacent to an activating group) is 1. The van der Waals surface area contributed by atoms with Crippen LogP contribution in [0.25, 0.3) is 0 Å². The number of amides is 1. The topological polar surface area (TPSA) is 108 Å². The largest absolute Gasteiger partial charge is 0.756 e. The van der Waals surface area contributed by atoms with Gasteiger partial charge in [-0.25, -0.2) is 0 Å². The van der Waals surface area contributed by atoms with Crippen molar-refractivity contribution in [3.05, 3.63) is 48.6 Å². The predicted octanol–water partition coefficient (Wildman–Crippen LogP) is 17.3. The first-order chi connectivity index (χ1) is 33.5. The molecule has 0 aliphatic rings. The van der Waals surface area contributed by atoms with Gasteiger partial charge in [-0.2, -0.15) is 0 Å². The molecule has 0 aliphatic heterocycles. The molecule has 406 valence electrons. The maximum Gasteiger partial charge on any atom is 0.268 e. The summed E-state index contributed by atoms with van der Waals surface area (Å²) < 4.78 is 23.4. The molecule has 0 saturated heterocycles. The molecule has 0 heterocycles. The van der Waals surface area contributed by atoms with Crippen LogP contribution in [0.4, 0.5) is 0 Å². The number of nitrogens with zero attached hydrogens (tertiary/aromatic N) is 1. The molecule has 0 radical (unpaired) electrons. The number of phosphoric acid groups is 1. The summed E-state index contributed by atoms with van der Waals surface area (Å²) >= 11 is 0. The van der Waals surface area contributed by atoms with Gasteiger partial charge in [-0.15, -0.1) is 0 Å². The third kappa shape index (κ3) is 54.1. The smallest absolute Gasteiger partial charge is 0.268 e. The lowest BCUT2D eigenvalue weighted by atomic mass is 10.0. The van der Waals surface area contributed by atoms with Crippen LogP contribution >= 0.6 is 7.82 Å². The Labute approximate surface area is 429 Å². The average molecular weight is 992 g/mol. The number of hydrogen-bond acceptors (Lipinski definition) is 6. The molecule has 0 aliphatic carbocycles. The lowest BCUT2D eigenvalue weighted by molar-refractivity contribution is -0.870. The second kappa shape index (κ2) is 51.4. The Balaban J connectivity index is 4.16. The van der Waals surface area contributed by atoms with Gasteiger partial charge in [-0.3, -0.25) is 9.36 Å². The number of carbonyl (C=O) groups excluding carboxylic acids is 1. The molecule has 3 unspecified atom stereocenters. The van der Waals surface area contributed by atoms with Gasteiger partial charge in [0.2, 0.25) is 5.91 Å². The maximum absolute atomic E-state index is 13.0. The van der Waals surface area contributed by atoms with Gasteiger partial charge < -0.3 is 28.8 Å². The molecule has 1 amide bonds. The normalized spacial score (nSPS) is 14.2. The quantitative estimate of drug-likeness (QED) is 0.0272. The van der Waals surface area contributed by atoms with E-state index in [-0.39, 0.29) is 19.1 Å². The number of phosphoric ester groups is 1. The SMILES string of the molecule is CC/C=C\C/C=C\C/C=C\C/C=C\CCCCCCCCCCCCC(=O)NC(COP(=O)([O-])OCC[N+](C)(C)C)C(O)CCCCCCCCCCCCCCCCCCCCCCCCCC. The van der Waals surface area contributed by atoms with Crippen LogP contribution in [0, 0.1) is 0 Å². The summed E-state index contributed by atoms with van der Waals surface area (Å²) in [4.78, 5) is 25.6. The number of unbranched alkanes of at least 4 members (excludes halogenated alkanes) is 33. The highest BCUT2D eigenvalue weighted by Gasteiger charge is 2.24. The number of hydrogen-bond donors (Lipinski definition) is 2. The van der Waals surface area contributed by atoms with Crippen molar-refractivity contribution in [3.8, 4) is 0 Å². The Morgan fingerprint density at radius 3 is 1.29 bits per heavy atom. The molecule has 8 nitrogen and oxygen atoms in total. The van der Waals surface area contributed by atoms with Crippen molar-refractivity contribution >= 4 is 13.7 Å². The van der Waals surface area contributed by atoms with Gasteiger partial charge in [0.1, 0.15) is 13.2 Å². The van der Waals surface area contributed by atoms with Gasteiger partial charge in [0.05, 0.1) is 39.9 Å². The molecule has 0 aromatic rings. The average Bonchev–Trinajstić information content (AvgIpc) is 3.31. The summed E-state index contributed by atoms with van der Waals surface area (Å²) in [7, 11) is 1.31. The Morgan fingerprint density at radius 1 is 0.522 bits per heavy atom. The molecule has 0 aromatic heterocycles. The lowest BCUT2D eigenvalue weighted by Gasteiger charge is -2.30. The summed E-state index contributed by atoms with van der Waals surface area (Å²) in [6, 6.07) is -0.805. The highest BCUT2D eigenvalue weighted by atomic mass is 31.2. The molecule has 0 fully saturated rings. The van der Waals surface area contributed by atoms with E-state index in [1.807, 2.05) is 21.1 Å². The Morgan fingerprint density at radius 2 is 0.884 bits per heavy atom. The summed E-state index contributed by atoms with van der Waals surface area (Å²) in [5, 5.41) is 14.0. The summed E-state index contributed by atoms with van der Waals surface area (Å²) in [5.74, 6) is -0.167. The zero-order valence-corrected chi connectivity index (χ0v) is 47.2. The Hall–Kier alpha value is -1.54. The third-order valence-electron chi connectivity index (χ3n) is 13.3. The van der Waals surface area contributed by atoms with Crippen LogP contribution in [-0.4, -0.2) is 68.5 Å². The molecule has 0 saturated carbocycles. The fraction of sp³-hybridized carbons (Fsp3) is 0.850. The van der Waals surface area contributed by atoms with Crippen molar-refractivity contribution in [2.24, 2.45) is 0 Å². The van der Waals surface area contributed by atoms with E-state index in [1.54, 1.807) is 0 Å². The van der Waals surface area contributed by atoms with Crippen LogP contribution in [0.5, 0.6) is 0 Å². The zero-order valence-electron chi connectivity index (χ0n) is 46.3. The first-order valence-electron chi connectivity index (χ1n) is 29.5. The van der Waals surface area contributed by atoms with Gasteiger partial charge in [0, 0.05) is 6.42 Å². The van der Waals surface area contributed by atoms with Crippen LogP contribution in [0.2, 0.25) is 0 Å².